The highest BCUT2D eigenvalue weighted by atomic mass is 16.5. The number of rotatable bonds is 5. The van der Waals surface area contributed by atoms with Crippen LogP contribution in [0.5, 0.6) is 5.88 Å². The summed E-state index contributed by atoms with van der Waals surface area (Å²) in [7, 11) is 3.25. The number of nitrogens with zero attached hydrogens (tertiary/aromatic N) is 4. The highest BCUT2D eigenvalue weighted by Crippen LogP contribution is 2.37. The number of hydrogen-bond acceptors (Lipinski definition) is 6. The van der Waals surface area contributed by atoms with Crippen molar-refractivity contribution in [3.8, 4) is 5.88 Å². The zero-order chi connectivity index (χ0) is 23.1. The van der Waals surface area contributed by atoms with Gasteiger partial charge in [-0.15, -0.1) is 0 Å². The summed E-state index contributed by atoms with van der Waals surface area (Å²) in [5, 5.41) is 3.19. The molecule has 2 saturated carbocycles. The molecule has 0 aromatic carbocycles. The Kier molecular flexibility index (Phi) is 8.10. The van der Waals surface area contributed by atoms with E-state index in [0.717, 1.165) is 57.4 Å². The van der Waals surface area contributed by atoms with E-state index in [4.69, 9.17) is 4.74 Å². The fourth-order valence-corrected chi connectivity index (χ4v) is 4.53. The number of aliphatic imine (C=N–C) groups is 1. The summed E-state index contributed by atoms with van der Waals surface area (Å²) in [5.41, 5.74) is -0.0303. The molecule has 1 aliphatic heterocycles. The molecule has 2 aliphatic carbocycles. The van der Waals surface area contributed by atoms with Crippen LogP contribution in [0.3, 0.4) is 0 Å². The second kappa shape index (κ2) is 10.8. The van der Waals surface area contributed by atoms with E-state index < -0.39 is 0 Å². The van der Waals surface area contributed by atoms with Crippen LogP contribution in [0.4, 0.5) is 5.82 Å². The Morgan fingerprint density at radius 2 is 1.78 bits per heavy atom. The highest BCUT2D eigenvalue weighted by Gasteiger charge is 2.44. The van der Waals surface area contributed by atoms with Crippen LogP contribution in [0.15, 0.2) is 23.2 Å². The van der Waals surface area contributed by atoms with Gasteiger partial charge in [-0.1, -0.05) is 18.9 Å². The standard InChI is InChI=1S/C22H32N4O3.C2H5N/c1-22(10-11-22)24-20(27)16-6-3-4-7-17(16)21(28)26-14-12-25(13-15-26)18-8-5-9-19(23-18)29-2;1-3-2/h5,8-9,16-17H,3-4,6-7,10-15H2,1-2H3,(H,24,27);1H2,2H3/t16-,17-;/m1./s1. The van der Waals surface area contributed by atoms with Crippen LogP contribution < -0.4 is 15.0 Å². The zero-order valence-electron chi connectivity index (χ0n) is 19.7. The van der Waals surface area contributed by atoms with Gasteiger partial charge in [-0.2, -0.15) is 4.98 Å². The average Bonchev–Trinajstić information content (AvgIpc) is 3.55. The van der Waals surface area contributed by atoms with Crippen LogP contribution in [0, 0.1) is 11.8 Å². The van der Waals surface area contributed by atoms with Gasteiger partial charge in [0.2, 0.25) is 17.7 Å². The maximum atomic E-state index is 13.3. The van der Waals surface area contributed by atoms with Crippen molar-refractivity contribution in [3.05, 3.63) is 18.2 Å². The molecule has 1 aromatic rings. The van der Waals surface area contributed by atoms with E-state index in [0.29, 0.717) is 19.0 Å². The molecule has 4 rings (SSSR count). The highest BCUT2D eigenvalue weighted by molar-refractivity contribution is 5.88. The second-order valence-electron chi connectivity index (χ2n) is 9.21. The van der Waals surface area contributed by atoms with Gasteiger partial charge < -0.3 is 24.8 Å². The topological polar surface area (TPSA) is 87.1 Å². The molecule has 1 N–H and O–H groups in total. The van der Waals surface area contributed by atoms with Gasteiger partial charge >= 0.3 is 0 Å². The lowest BCUT2D eigenvalue weighted by Crippen LogP contribution is -2.53. The van der Waals surface area contributed by atoms with Crippen LogP contribution in [-0.4, -0.2) is 74.3 Å². The summed E-state index contributed by atoms with van der Waals surface area (Å²) in [4.78, 5) is 38.0. The number of carbonyl (C=O) groups excluding carboxylic acids is 2. The maximum Gasteiger partial charge on any atom is 0.226 e. The molecule has 2 atom stereocenters. The van der Waals surface area contributed by atoms with Gasteiger partial charge in [0.1, 0.15) is 5.82 Å². The quantitative estimate of drug-likeness (QED) is 0.707. The van der Waals surface area contributed by atoms with Gasteiger partial charge in [0.15, 0.2) is 0 Å². The molecule has 3 aliphatic rings. The molecule has 0 unspecified atom stereocenters. The first-order chi connectivity index (χ1) is 15.4. The molecular formula is C24H37N5O3. The Morgan fingerprint density at radius 3 is 2.38 bits per heavy atom. The van der Waals surface area contributed by atoms with Crippen molar-refractivity contribution >= 4 is 24.3 Å². The minimum absolute atomic E-state index is 0.0303. The molecule has 8 nitrogen and oxygen atoms in total. The maximum absolute atomic E-state index is 13.3. The molecule has 2 heterocycles. The Balaban J connectivity index is 0.000000913. The van der Waals surface area contributed by atoms with Crippen LogP contribution in [-0.2, 0) is 9.59 Å². The molecule has 0 radical (unpaired) electrons. The fraction of sp³-hybridized carbons (Fsp3) is 0.667. The predicted molar refractivity (Wildman–Crippen MR) is 126 cm³/mol. The summed E-state index contributed by atoms with van der Waals surface area (Å²) in [6.45, 7) is 8.03. The number of amides is 2. The normalized spacial score (nSPS) is 24.0. The van der Waals surface area contributed by atoms with Crippen molar-refractivity contribution in [2.45, 2.75) is 51.0 Å². The third-order valence-electron chi connectivity index (χ3n) is 6.68. The Hall–Kier alpha value is -2.64. The van der Waals surface area contributed by atoms with E-state index in [1.165, 1.54) is 0 Å². The number of methoxy groups -OCH3 is 1. The molecule has 1 saturated heterocycles. The molecule has 2 amide bonds. The molecule has 176 valence electrons. The molecule has 8 heteroatoms. The van der Waals surface area contributed by atoms with Crippen molar-refractivity contribution < 1.29 is 14.3 Å². The third-order valence-corrected chi connectivity index (χ3v) is 6.68. The van der Waals surface area contributed by atoms with Crippen molar-refractivity contribution in [3.63, 3.8) is 0 Å². The van der Waals surface area contributed by atoms with E-state index >= 15 is 0 Å². The molecule has 0 bridgehead atoms. The van der Waals surface area contributed by atoms with Crippen LogP contribution in [0.1, 0.15) is 45.4 Å². The lowest BCUT2D eigenvalue weighted by atomic mass is 9.77. The van der Waals surface area contributed by atoms with Crippen molar-refractivity contribution in [2.24, 2.45) is 16.8 Å². The van der Waals surface area contributed by atoms with E-state index in [2.05, 4.69) is 33.8 Å². The van der Waals surface area contributed by atoms with Gasteiger partial charge in [-0.05, 0) is 45.4 Å². The van der Waals surface area contributed by atoms with E-state index in [1.54, 1.807) is 14.2 Å². The summed E-state index contributed by atoms with van der Waals surface area (Å²) < 4.78 is 5.22. The largest absolute Gasteiger partial charge is 0.481 e. The number of ether oxygens (including phenoxy) is 1. The Labute approximate surface area is 191 Å². The van der Waals surface area contributed by atoms with E-state index in [9.17, 15) is 9.59 Å². The first kappa shape index (κ1) is 24.0. The smallest absolute Gasteiger partial charge is 0.226 e. The van der Waals surface area contributed by atoms with Gasteiger partial charge in [0.25, 0.3) is 0 Å². The summed E-state index contributed by atoms with van der Waals surface area (Å²) in [6.07, 6.45) is 5.81. The first-order valence-electron chi connectivity index (χ1n) is 11.6. The fourth-order valence-electron chi connectivity index (χ4n) is 4.53. The molecular weight excluding hydrogens is 406 g/mol. The second-order valence-corrected chi connectivity index (χ2v) is 9.21. The third kappa shape index (κ3) is 5.99. The zero-order valence-corrected chi connectivity index (χ0v) is 19.7. The van der Waals surface area contributed by atoms with Crippen molar-refractivity contribution in [2.75, 3.05) is 45.2 Å². The lowest BCUT2D eigenvalue weighted by molar-refractivity contribution is -0.144. The van der Waals surface area contributed by atoms with Gasteiger partial charge in [-0.3, -0.25) is 9.59 Å². The van der Waals surface area contributed by atoms with E-state index in [1.807, 2.05) is 23.1 Å². The number of anilines is 1. The van der Waals surface area contributed by atoms with E-state index in [-0.39, 0.29) is 29.2 Å². The summed E-state index contributed by atoms with van der Waals surface area (Å²) in [6, 6.07) is 5.74. The van der Waals surface area contributed by atoms with Gasteiger partial charge in [0.05, 0.1) is 7.11 Å². The molecule has 3 fully saturated rings. The van der Waals surface area contributed by atoms with Gasteiger partial charge in [0, 0.05) is 56.7 Å². The number of carbonyl (C=O) groups is 2. The van der Waals surface area contributed by atoms with Gasteiger partial charge in [-0.25, -0.2) is 0 Å². The van der Waals surface area contributed by atoms with Crippen molar-refractivity contribution in [1.29, 1.82) is 0 Å². The number of hydrogen-bond donors (Lipinski definition) is 1. The summed E-state index contributed by atoms with van der Waals surface area (Å²) in [5.74, 6) is 1.37. The molecule has 0 spiro atoms. The average molecular weight is 444 g/mol. The van der Waals surface area contributed by atoms with Crippen LogP contribution in [0.25, 0.3) is 0 Å². The number of pyridine rings is 1. The number of aromatic nitrogens is 1. The van der Waals surface area contributed by atoms with Crippen LogP contribution in [0.2, 0.25) is 0 Å². The number of piperazine rings is 1. The lowest BCUT2D eigenvalue weighted by Gasteiger charge is -2.39. The summed E-state index contributed by atoms with van der Waals surface area (Å²) >= 11 is 0. The minimum atomic E-state index is -0.174. The number of nitrogens with one attached hydrogen (secondary N) is 1. The molecule has 32 heavy (non-hydrogen) atoms. The predicted octanol–water partition coefficient (Wildman–Crippen LogP) is 2.53. The first-order valence-corrected chi connectivity index (χ1v) is 11.6. The Morgan fingerprint density at radius 1 is 1.16 bits per heavy atom. The molecule has 1 aromatic heterocycles. The Bertz CT molecular complexity index is 803. The monoisotopic (exact) mass is 443 g/mol. The minimum Gasteiger partial charge on any atom is -0.481 e. The van der Waals surface area contributed by atoms with Crippen LogP contribution >= 0.6 is 0 Å². The van der Waals surface area contributed by atoms with Crippen molar-refractivity contribution in [1.82, 2.24) is 15.2 Å². The SMILES string of the molecule is C=NC.COc1cccc(N2CCN(C(=O)[C@@H]3CCCC[C@H]3C(=O)NC3(C)CC3)CC2)n1.